The second-order valence-electron chi connectivity index (χ2n) is 4.28. The molecule has 0 unspecified atom stereocenters. The molecule has 0 atom stereocenters. The van der Waals surface area contributed by atoms with Gasteiger partial charge < -0.3 is 5.11 Å². The van der Waals surface area contributed by atoms with Crippen LogP contribution in [0.3, 0.4) is 0 Å². The third kappa shape index (κ3) is 9.01. The van der Waals surface area contributed by atoms with E-state index in [1.807, 2.05) is 0 Å². The molecule has 0 radical (unpaired) electrons. The van der Waals surface area contributed by atoms with Gasteiger partial charge in [0, 0.05) is 6.42 Å². The number of hydrogen-bond donors (Lipinski definition) is 1. The molecule has 0 amide bonds. The van der Waals surface area contributed by atoms with Crippen molar-refractivity contribution in [2.75, 3.05) is 6.67 Å². The summed E-state index contributed by atoms with van der Waals surface area (Å²) in [6, 6.07) is 0. The van der Waals surface area contributed by atoms with Gasteiger partial charge in [0.2, 0.25) is 0 Å². The molecule has 0 bridgehead atoms. The number of halogens is 3. The second kappa shape index (κ2) is 9.31. The Bertz CT molecular complexity index is 208. The summed E-state index contributed by atoms with van der Waals surface area (Å²) in [7, 11) is 0. The highest BCUT2D eigenvalue weighted by atomic mass is 19.3. The lowest BCUT2D eigenvalue weighted by Gasteiger charge is -2.10. The summed E-state index contributed by atoms with van der Waals surface area (Å²) in [6.45, 7) is -0.274. The fraction of sp³-hybridized carbons (Fsp3) is 0.917. The van der Waals surface area contributed by atoms with E-state index >= 15 is 0 Å². The van der Waals surface area contributed by atoms with Gasteiger partial charge in [-0.05, 0) is 12.8 Å². The summed E-state index contributed by atoms with van der Waals surface area (Å²) >= 11 is 0. The summed E-state index contributed by atoms with van der Waals surface area (Å²) in [5.74, 6) is -5.62. The van der Waals surface area contributed by atoms with E-state index in [4.69, 9.17) is 5.11 Å². The van der Waals surface area contributed by atoms with Gasteiger partial charge in [0.05, 0.1) is 6.67 Å². The molecule has 0 spiro atoms. The summed E-state index contributed by atoms with van der Waals surface area (Å²) in [5, 5.41) is 8.18. The van der Waals surface area contributed by atoms with Crippen LogP contribution in [0.4, 0.5) is 13.2 Å². The van der Waals surface area contributed by atoms with Gasteiger partial charge in [-0.25, -0.2) is 4.79 Å². The summed E-state index contributed by atoms with van der Waals surface area (Å²) in [6.07, 6.45) is 5.54. The highest BCUT2D eigenvalue weighted by Gasteiger charge is 2.37. The number of rotatable bonds is 11. The highest BCUT2D eigenvalue weighted by molar-refractivity contribution is 5.75. The zero-order chi connectivity index (χ0) is 13.1. The van der Waals surface area contributed by atoms with Crippen molar-refractivity contribution in [3.63, 3.8) is 0 Å². The number of carboxylic acid groups (broad SMARTS) is 1. The number of carbonyl (C=O) groups is 1. The molecule has 0 aliphatic carbocycles. The molecule has 0 aliphatic rings. The Morgan fingerprint density at radius 3 is 1.71 bits per heavy atom. The van der Waals surface area contributed by atoms with Crippen molar-refractivity contribution in [3.05, 3.63) is 0 Å². The number of aliphatic carboxylic acids is 1. The lowest BCUT2D eigenvalue weighted by atomic mass is 10.1. The fourth-order valence-corrected chi connectivity index (χ4v) is 1.61. The third-order valence-electron chi connectivity index (χ3n) is 2.69. The van der Waals surface area contributed by atoms with E-state index in [2.05, 4.69) is 0 Å². The maximum Gasteiger partial charge on any atom is 0.374 e. The first kappa shape index (κ1) is 16.3. The minimum absolute atomic E-state index is 0.240. The summed E-state index contributed by atoms with van der Waals surface area (Å²) in [5.41, 5.74) is 0. The molecule has 0 fully saturated rings. The van der Waals surface area contributed by atoms with Crippen LogP contribution in [-0.2, 0) is 4.79 Å². The van der Waals surface area contributed by atoms with Crippen LogP contribution in [0.15, 0.2) is 0 Å². The van der Waals surface area contributed by atoms with E-state index in [9.17, 15) is 18.0 Å². The van der Waals surface area contributed by atoms with Gasteiger partial charge in [-0.2, -0.15) is 8.78 Å². The van der Waals surface area contributed by atoms with Crippen molar-refractivity contribution in [2.24, 2.45) is 0 Å². The molecule has 17 heavy (non-hydrogen) atoms. The van der Waals surface area contributed by atoms with Crippen LogP contribution in [0.25, 0.3) is 0 Å². The normalized spacial score (nSPS) is 11.7. The van der Waals surface area contributed by atoms with Crippen LogP contribution >= 0.6 is 0 Å². The van der Waals surface area contributed by atoms with E-state index in [1.165, 1.54) is 0 Å². The Balaban J connectivity index is 3.27. The standard InChI is InChI=1S/C12H21F3O2/c13-10-8-6-4-2-1-3-5-7-9-12(14,15)11(16)17/h1-10H2,(H,16,17). The number of hydrogen-bond acceptors (Lipinski definition) is 1. The predicted molar refractivity (Wildman–Crippen MR) is 60.1 cm³/mol. The van der Waals surface area contributed by atoms with Gasteiger partial charge in [-0.15, -0.1) is 0 Å². The number of alkyl halides is 3. The van der Waals surface area contributed by atoms with E-state index in [1.54, 1.807) is 0 Å². The van der Waals surface area contributed by atoms with Gasteiger partial charge in [-0.3, -0.25) is 4.39 Å². The van der Waals surface area contributed by atoms with Crippen molar-refractivity contribution in [3.8, 4) is 0 Å². The second-order valence-corrected chi connectivity index (χ2v) is 4.28. The van der Waals surface area contributed by atoms with Crippen LogP contribution in [0.5, 0.6) is 0 Å². The van der Waals surface area contributed by atoms with Crippen molar-refractivity contribution in [1.29, 1.82) is 0 Å². The zero-order valence-electron chi connectivity index (χ0n) is 10.1. The van der Waals surface area contributed by atoms with Crippen LogP contribution in [0, 0.1) is 0 Å². The van der Waals surface area contributed by atoms with Gasteiger partial charge >= 0.3 is 11.9 Å². The van der Waals surface area contributed by atoms with Crippen molar-refractivity contribution in [1.82, 2.24) is 0 Å². The lowest BCUT2D eigenvalue weighted by Crippen LogP contribution is -2.27. The number of carboxylic acids is 1. The zero-order valence-corrected chi connectivity index (χ0v) is 10.1. The highest BCUT2D eigenvalue weighted by Crippen LogP contribution is 2.22. The van der Waals surface area contributed by atoms with E-state index in [0.29, 0.717) is 12.8 Å². The van der Waals surface area contributed by atoms with Crippen molar-refractivity contribution < 1.29 is 23.1 Å². The molecular formula is C12H21F3O2. The molecule has 1 N–H and O–H groups in total. The maximum absolute atomic E-state index is 12.6. The summed E-state index contributed by atoms with van der Waals surface area (Å²) in [4.78, 5) is 10.1. The molecule has 0 saturated heterocycles. The molecule has 0 aromatic heterocycles. The third-order valence-corrected chi connectivity index (χ3v) is 2.69. The quantitative estimate of drug-likeness (QED) is 0.561. The summed E-state index contributed by atoms with van der Waals surface area (Å²) < 4.78 is 37.0. The Hall–Kier alpha value is -0.740. The Morgan fingerprint density at radius 1 is 0.882 bits per heavy atom. The Morgan fingerprint density at radius 2 is 1.29 bits per heavy atom. The van der Waals surface area contributed by atoms with Crippen molar-refractivity contribution in [2.45, 2.75) is 63.7 Å². The molecule has 0 aliphatic heterocycles. The van der Waals surface area contributed by atoms with Gasteiger partial charge in [-0.1, -0.05) is 38.5 Å². The van der Waals surface area contributed by atoms with Crippen LogP contribution in [0.2, 0.25) is 0 Å². The predicted octanol–water partition coefficient (Wildman–Crippen LogP) is 4.19. The Labute approximate surface area is 100 Å². The number of unbranched alkanes of at least 4 members (excludes halogenated alkanes) is 7. The molecule has 0 aromatic rings. The molecule has 5 heteroatoms. The molecule has 102 valence electrons. The molecule has 0 rings (SSSR count). The minimum atomic E-state index is -3.58. The van der Waals surface area contributed by atoms with Crippen LogP contribution in [-0.4, -0.2) is 23.7 Å². The average molecular weight is 254 g/mol. The fourth-order valence-electron chi connectivity index (χ4n) is 1.61. The first-order valence-electron chi connectivity index (χ1n) is 6.18. The topological polar surface area (TPSA) is 37.3 Å². The lowest BCUT2D eigenvalue weighted by molar-refractivity contribution is -0.165. The first-order valence-corrected chi connectivity index (χ1v) is 6.18. The van der Waals surface area contributed by atoms with E-state index in [0.717, 1.165) is 32.1 Å². The maximum atomic E-state index is 12.6. The largest absolute Gasteiger partial charge is 0.477 e. The smallest absolute Gasteiger partial charge is 0.374 e. The first-order chi connectivity index (χ1) is 8.00. The van der Waals surface area contributed by atoms with Crippen molar-refractivity contribution >= 4 is 5.97 Å². The molecule has 0 aromatic carbocycles. The monoisotopic (exact) mass is 254 g/mol. The SMILES string of the molecule is O=C(O)C(F)(F)CCCCCCCCCCF. The van der Waals surface area contributed by atoms with Crippen LogP contribution < -0.4 is 0 Å². The molecule has 2 nitrogen and oxygen atoms in total. The van der Waals surface area contributed by atoms with Gasteiger partial charge in [0.15, 0.2) is 0 Å². The Kier molecular flexibility index (Phi) is 8.90. The van der Waals surface area contributed by atoms with Gasteiger partial charge in [0.1, 0.15) is 0 Å². The van der Waals surface area contributed by atoms with E-state index < -0.39 is 18.3 Å². The molecule has 0 heterocycles. The average Bonchev–Trinajstić information content (AvgIpc) is 2.26. The van der Waals surface area contributed by atoms with E-state index in [-0.39, 0.29) is 13.1 Å². The molecule has 0 saturated carbocycles. The molecular weight excluding hydrogens is 233 g/mol. The minimum Gasteiger partial charge on any atom is -0.477 e. The van der Waals surface area contributed by atoms with Gasteiger partial charge in [0.25, 0.3) is 0 Å². The van der Waals surface area contributed by atoms with Crippen LogP contribution in [0.1, 0.15) is 57.8 Å².